The number of nitro benzene ring substituents is 1. The predicted octanol–water partition coefficient (Wildman–Crippen LogP) is 4.20. The van der Waals surface area contributed by atoms with E-state index in [2.05, 4.69) is 15.4 Å². The number of aryl methyl sites for hydroxylation is 1. The van der Waals surface area contributed by atoms with E-state index in [4.69, 9.17) is 11.6 Å². The topological polar surface area (TPSA) is 130 Å². The molecule has 0 saturated carbocycles. The molecule has 0 aromatic heterocycles. The number of amides is 1. The number of benzene rings is 3. The van der Waals surface area contributed by atoms with E-state index >= 15 is 0 Å². The van der Waals surface area contributed by atoms with Gasteiger partial charge in [0.1, 0.15) is 0 Å². The van der Waals surface area contributed by atoms with Crippen LogP contribution >= 0.6 is 11.6 Å². The summed E-state index contributed by atoms with van der Waals surface area (Å²) < 4.78 is 28.0. The first-order valence-corrected chi connectivity index (χ1v) is 11.7. The second-order valence-corrected chi connectivity index (χ2v) is 9.19. The molecule has 0 saturated heterocycles. The second kappa shape index (κ2) is 10.3. The number of halogens is 1. The van der Waals surface area contributed by atoms with Crippen molar-refractivity contribution < 1.29 is 18.1 Å². The highest BCUT2D eigenvalue weighted by Gasteiger charge is 2.19. The molecule has 172 valence electrons. The van der Waals surface area contributed by atoms with Crippen molar-refractivity contribution >= 4 is 44.6 Å². The van der Waals surface area contributed by atoms with Gasteiger partial charge in [-0.15, -0.1) is 0 Å². The van der Waals surface area contributed by atoms with E-state index in [1.54, 1.807) is 30.3 Å². The van der Waals surface area contributed by atoms with Crippen molar-refractivity contribution in [2.45, 2.75) is 11.8 Å². The van der Waals surface area contributed by atoms with Crippen molar-refractivity contribution in [2.75, 3.05) is 23.1 Å². The minimum atomic E-state index is -3.92. The molecule has 11 heteroatoms. The zero-order chi connectivity index (χ0) is 24.0. The number of anilines is 2. The first-order valence-electron chi connectivity index (χ1n) is 9.81. The van der Waals surface area contributed by atoms with E-state index in [1.165, 1.54) is 30.3 Å². The van der Waals surface area contributed by atoms with Gasteiger partial charge in [-0.1, -0.05) is 23.7 Å². The Bertz CT molecular complexity index is 1280. The van der Waals surface area contributed by atoms with Crippen LogP contribution in [0.5, 0.6) is 0 Å². The fraction of sp³-hybridized carbons (Fsp3) is 0.136. The summed E-state index contributed by atoms with van der Waals surface area (Å²) in [5.74, 6) is -0.530. The molecule has 0 fully saturated rings. The largest absolute Gasteiger partial charge is 0.383 e. The van der Waals surface area contributed by atoms with E-state index in [-0.39, 0.29) is 27.7 Å². The highest BCUT2D eigenvalue weighted by molar-refractivity contribution is 7.92. The van der Waals surface area contributed by atoms with Gasteiger partial charge in [0.2, 0.25) is 0 Å². The van der Waals surface area contributed by atoms with Crippen LogP contribution in [0.25, 0.3) is 0 Å². The number of sulfonamides is 1. The summed E-state index contributed by atoms with van der Waals surface area (Å²) in [5.41, 5.74) is 1.97. The maximum Gasteiger partial charge on any atom is 0.269 e. The number of carbonyl (C=O) groups is 1. The number of rotatable bonds is 9. The number of hydrogen-bond acceptors (Lipinski definition) is 6. The van der Waals surface area contributed by atoms with Gasteiger partial charge in [-0.2, -0.15) is 0 Å². The van der Waals surface area contributed by atoms with Crippen molar-refractivity contribution in [3.05, 3.63) is 93.0 Å². The first kappa shape index (κ1) is 24.0. The average molecular weight is 489 g/mol. The lowest BCUT2D eigenvalue weighted by atomic mass is 10.2. The Balaban J connectivity index is 1.62. The first-order chi connectivity index (χ1) is 15.7. The number of non-ortho nitro benzene ring substituents is 1. The smallest absolute Gasteiger partial charge is 0.269 e. The number of hydrogen-bond donors (Lipinski definition) is 3. The molecular weight excluding hydrogens is 468 g/mol. The second-order valence-electron chi connectivity index (χ2n) is 7.10. The Hall–Kier alpha value is -3.63. The van der Waals surface area contributed by atoms with Crippen molar-refractivity contribution in [1.82, 2.24) is 5.32 Å². The van der Waals surface area contributed by atoms with E-state index in [0.717, 1.165) is 5.56 Å². The number of carbonyl (C=O) groups excluding carboxylic acids is 1. The maximum atomic E-state index is 12.7. The van der Waals surface area contributed by atoms with Gasteiger partial charge in [-0.25, -0.2) is 8.42 Å². The lowest BCUT2D eigenvalue weighted by Crippen LogP contribution is -2.29. The summed E-state index contributed by atoms with van der Waals surface area (Å²) >= 11 is 6.12. The Morgan fingerprint density at radius 1 is 1.00 bits per heavy atom. The minimum Gasteiger partial charge on any atom is -0.383 e. The highest BCUT2D eigenvalue weighted by atomic mass is 35.5. The molecule has 9 nitrogen and oxygen atoms in total. The Kier molecular flexibility index (Phi) is 7.52. The molecule has 0 atom stereocenters. The van der Waals surface area contributed by atoms with Crippen LogP contribution in [-0.2, 0) is 10.0 Å². The average Bonchev–Trinajstić information content (AvgIpc) is 2.76. The number of nitrogens with one attached hydrogen (secondary N) is 3. The molecule has 33 heavy (non-hydrogen) atoms. The molecule has 3 aromatic carbocycles. The molecule has 1 amide bonds. The molecule has 0 spiro atoms. The molecule has 3 N–H and O–H groups in total. The van der Waals surface area contributed by atoms with Gasteiger partial charge in [-0.05, 0) is 55.0 Å². The normalized spacial score (nSPS) is 11.0. The fourth-order valence-electron chi connectivity index (χ4n) is 2.95. The molecule has 3 aromatic rings. The highest BCUT2D eigenvalue weighted by Crippen LogP contribution is 2.23. The quantitative estimate of drug-likeness (QED) is 0.235. The van der Waals surface area contributed by atoms with Crippen LogP contribution in [-0.4, -0.2) is 32.3 Å². The van der Waals surface area contributed by atoms with Crippen LogP contribution < -0.4 is 15.4 Å². The number of nitrogens with zero attached hydrogens (tertiary/aromatic N) is 1. The van der Waals surface area contributed by atoms with Gasteiger partial charge in [0.05, 0.1) is 20.4 Å². The van der Waals surface area contributed by atoms with Crippen LogP contribution in [0.4, 0.5) is 17.1 Å². The SMILES string of the molecule is Cc1cccc(NS(=O)(=O)c2ccc(Cl)c(C(=O)NCCNc3ccc([N+](=O)[O-])cc3)c2)c1. The summed E-state index contributed by atoms with van der Waals surface area (Å²) in [6.07, 6.45) is 0. The maximum absolute atomic E-state index is 12.7. The summed E-state index contributed by atoms with van der Waals surface area (Å²) in [5, 5.41) is 16.5. The lowest BCUT2D eigenvalue weighted by Gasteiger charge is -2.12. The Labute approximate surface area is 196 Å². The van der Waals surface area contributed by atoms with E-state index in [0.29, 0.717) is 17.9 Å². The fourth-order valence-corrected chi connectivity index (χ4v) is 4.23. The summed E-state index contributed by atoms with van der Waals surface area (Å²) in [6, 6.07) is 16.7. The third kappa shape index (κ3) is 6.43. The molecule has 0 radical (unpaired) electrons. The molecule has 0 aliphatic rings. The molecule has 0 bridgehead atoms. The van der Waals surface area contributed by atoms with Gasteiger partial charge in [0.25, 0.3) is 21.6 Å². The predicted molar refractivity (Wildman–Crippen MR) is 127 cm³/mol. The minimum absolute atomic E-state index is 0.0183. The summed E-state index contributed by atoms with van der Waals surface area (Å²) in [7, 11) is -3.92. The van der Waals surface area contributed by atoms with Gasteiger partial charge in [-0.3, -0.25) is 19.6 Å². The van der Waals surface area contributed by atoms with Crippen molar-refractivity contribution in [3.63, 3.8) is 0 Å². The van der Waals surface area contributed by atoms with Crippen LogP contribution in [0.1, 0.15) is 15.9 Å². The monoisotopic (exact) mass is 488 g/mol. The molecule has 0 heterocycles. The molecule has 3 rings (SSSR count). The van der Waals surface area contributed by atoms with Crippen molar-refractivity contribution in [2.24, 2.45) is 0 Å². The van der Waals surface area contributed by atoms with Gasteiger partial charge >= 0.3 is 0 Å². The molecule has 0 aliphatic heterocycles. The Morgan fingerprint density at radius 2 is 1.73 bits per heavy atom. The van der Waals surface area contributed by atoms with Gasteiger partial charge in [0.15, 0.2) is 0 Å². The van der Waals surface area contributed by atoms with E-state index in [1.807, 2.05) is 13.0 Å². The number of nitro groups is 1. The third-order valence-electron chi connectivity index (χ3n) is 4.58. The standard InChI is InChI=1S/C22H21ClN4O5S/c1-15-3-2-4-17(13-15)26-33(31,32)19-9-10-21(23)20(14-19)22(28)25-12-11-24-16-5-7-18(8-6-16)27(29)30/h2-10,13-14,24,26H,11-12H2,1H3,(H,25,28). The van der Waals surface area contributed by atoms with Crippen LogP contribution in [0, 0.1) is 17.0 Å². The van der Waals surface area contributed by atoms with Crippen LogP contribution in [0.15, 0.2) is 71.6 Å². The molecular formula is C22H21ClN4O5S. The lowest BCUT2D eigenvalue weighted by molar-refractivity contribution is -0.384. The molecule has 0 aliphatic carbocycles. The van der Waals surface area contributed by atoms with E-state index < -0.39 is 20.9 Å². The molecule has 0 unspecified atom stereocenters. The van der Waals surface area contributed by atoms with Crippen LogP contribution in [0.3, 0.4) is 0 Å². The van der Waals surface area contributed by atoms with Crippen molar-refractivity contribution in [1.29, 1.82) is 0 Å². The van der Waals surface area contributed by atoms with E-state index in [9.17, 15) is 23.3 Å². The zero-order valence-electron chi connectivity index (χ0n) is 17.5. The third-order valence-corrected chi connectivity index (χ3v) is 6.29. The Morgan fingerprint density at radius 3 is 2.39 bits per heavy atom. The van der Waals surface area contributed by atoms with Crippen LogP contribution in [0.2, 0.25) is 5.02 Å². The van der Waals surface area contributed by atoms with Gasteiger partial charge < -0.3 is 10.6 Å². The summed E-state index contributed by atoms with van der Waals surface area (Å²) in [4.78, 5) is 22.7. The van der Waals surface area contributed by atoms with Gasteiger partial charge in [0, 0.05) is 36.6 Å². The summed E-state index contributed by atoms with van der Waals surface area (Å²) in [6.45, 7) is 2.40. The van der Waals surface area contributed by atoms with Crippen molar-refractivity contribution in [3.8, 4) is 0 Å². The zero-order valence-corrected chi connectivity index (χ0v) is 19.1.